The van der Waals surface area contributed by atoms with Crippen LogP contribution in [0.5, 0.6) is 0 Å². The third kappa shape index (κ3) is 5.17. The Kier molecular flexibility index (Phi) is 6.85. The highest BCUT2D eigenvalue weighted by Crippen LogP contribution is 2.25. The minimum Gasteiger partial charge on any atom is -0.371 e. The molecule has 164 valence electrons. The molecule has 4 rings (SSSR count). The maximum absolute atomic E-state index is 13.1. The summed E-state index contributed by atoms with van der Waals surface area (Å²) in [6, 6.07) is 27.1. The molecule has 0 radical (unpaired) electrons. The monoisotopic (exact) mass is 427 g/mol. The molecular weight excluding hydrogens is 398 g/mol. The first kappa shape index (κ1) is 21.6. The molecule has 3 aromatic rings. The van der Waals surface area contributed by atoms with Crippen LogP contribution in [0.25, 0.3) is 0 Å². The lowest BCUT2D eigenvalue weighted by atomic mass is 10.0. The Labute approximate surface area is 189 Å². The zero-order valence-electron chi connectivity index (χ0n) is 18.3. The Balaban J connectivity index is 1.38. The van der Waals surface area contributed by atoms with Crippen LogP contribution in [0.3, 0.4) is 0 Å². The molecule has 1 heterocycles. The van der Waals surface area contributed by atoms with E-state index in [1.54, 1.807) is 0 Å². The van der Waals surface area contributed by atoms with E-state index >= 15 is 0 Å². The molecule has 0 bridgehead atoms. The van der Waals surface area contributed by atoms with Gasteiger partial charge in [0.15, 0.2) is 0 Å². The van der Waals surface area contributed by atoms with Gasteiger partial charge in [-0.1, -0.05) is 60.7 Å². The number of piperidine rings is 1. The lowest BCUT2D eigenvalue weighted by Crippen LogP contribution is -2.45. The summed E-state index contributed by atoms with van der Waals surface area (Å²) in [5.41, 5.74) is 3.39. The number of carbonyl (C=O) groups is 2. The van der Waals surface area contributed by atoms with E-state index in [0.29, 0.717) is 11.1 Å². The van der Waals surface area contributed by atoms with Gasteiger partial charge in [-0.3, -0.25) is 9.59 Å². The lowest BCUT2D eigenvalue weighted by Gasteiger charge is -2.35. The zero-order chi connectivity index (χ0) is 22.3. The van der Waals surface area contributed by atoms with E-state index < -0.39 is 0 Å². The Morgan fingerprint density at radius 3 is 2.09 bits per heavy atom. The molecule has 1 fully saturated rings. The van der Waals surface area contributed by atoms with Crippen molar-refractivity contribution >= 4 is 17.5 Å². The molecule has 0 spiro atoms. The average Bonchev–Trinajstić information content (AvgIpc) is 2.85. The van der Waals surface area contributed by atoms with Crippen molar-refractivity contribution in [1.82, 2.24) is 10.6 Å². The Morgan fingerprint density at radius 2 is 1.41 bits per heavy atom. The van der Waals surface area contributed by atoms with Gasteiger partial charge >= 0.3 is 0 Å². The second kappa shape index (κ2) is 10.1. The molecule has 2 amide bonds. The molecule has 5 heteroatoms. The lowest BCUT2D eigenvalue weighted by molar-refractivity contribution is 0.0928. The normalized spacial score (nSPS) is 15.1. The number of amides is 2. The van der Waals surface area contributed by atoms with Gasteiger partial charge in [-0.25, -0.2) is 0 Å². The van der Waals surface area contributed by atoms with Gasteiger partial charge in [0.1, 0.15) is 0 Å². The van der Waals surface area contributed by atoms with Gasteiger partial charge in [0.05, 0.1) is 11.6 Å². The maximum atomic E-state index is 13.1. The first-order valence-corrected chi connectivity index (χ1v) is 11.2. The number of hydrogen-bond donors (Lipinski definition) is 2. The fraction of sp³-hybridized carbons (Fsp3) is 0.259. The summed E-state index contributed by atoms with van der Waals surface area (Å²) in [5.74, 6) is -0.102. The van der Waals surface area contributed by atoms with Gasteiger partial charge < -0.3 is 15.5 Å². The molecule has 0 aliphatic carbocycles. The molecule has 5 nitrogen and oxygen atoms in total. The summed E-state index contributed by atoms with van der Waals surface area (Å²) in [6.07, 6.45) is 1.68. The van der Waals surface area contributed by atoms with Gasteiger partial charge in [0.2, 0.25) is 0 Å². The Morgan fingerprint density at radius 1 is 0.812 bits per heavy atom. The number of nitrogens with one attached hydrogen (secondary N) is 2. The highest BCUT2D eigenvalue weighted by Gasteiger charge is 2.24. The minimum atomic E-state index is -0.0734. The van der Waals surface area contributed by atoms with Gasteiger partial charge in [0, 0.05) is 30.4 Å². The van der Waals surface area contributed by atoms with E-state index in [9.17, 15) is 9.59 Å². The first-order valence-electron chi connectivity index (χ1n) is 11.2. The summed E-state index contributed by atoms with van der Waals surface area (Å²) < 4.78 is 0. The highest BCUT2D eigenvalue weighted by molar-refractivity contribution is 6.00. The number of carbonyl (C=O) groups excluding carboxylic acids is 2. The van der Waals surface area contributed by atoms with Crippen molar-refractivity contribution in [3.8, 4) is 0 Å². The Hall–Kier alpha value is -3.60. The standard InChI is InChI=1S/C27H29N3O2/c1-20(21-10-4-2-5-11-21)28-27(32)24-14-8-9-15-25(24)30-18-16-23(17-19-30)29-26(31)22-12-6-3-7-13-22/h2-15,20,23H,16-19H2,1H3,(H,28,32)(H,29,31)/t20-/m1/s1. The predicted octanol–water partition coefficient (Wildman–Crippen LogP) is 4.58. The van der Waals surface area contributed by atoms with Crippen molar-refractivity contribution < 1.29 is 9.59 Å². The number of para-hydroxylation sites is 1. The van der Waals surface area contributed by atoms with E-state index in [0.717, 1.165) is 37.2 Å². The van der Waals surface area contributed by atoms with Crippen LogP contribution in [0.2, 0.25) is 0 Å². The molecule has 1 aliphatic heterocycles. The summed E-state index contributed by atoms with van der Waals surface area (Å²) in [6.45, 7) is 3.58. The molecule has 0 saturated carbocycles. The molecule has 2 N–H and O–H groups in total. The summed E-state index contributed by atoms with van der Waals surface area (Å²) in [5, 5.41) is 6.27. The molecule has 1 aliphatic rings. The number of rotatable bonds is 6. The first-order chi connectivity index (χ1) is 15.6. The number of benzene rings is 3. The average molecular weight is 428 g/mol. The third-order valence-electron chi connectivity index (χ3n) is 6.00. The van der Waals surface area contributed by atoms with Gasteiger partial charge in [-0.2, -0.15) is 0 Å². The highest BCUT2D eigenvalue weighted by atomic mass is 16.2. The maximum Gasteiger partial charge on any atom is 0.253 e. The van der Waals surface area contributed by atoms with E-state index in [-0.39, 0.29) is 23.9 Å². The predicted molar refractivity (Wildman–Crippen MR) is 128 cm³/mol. The van der Waals surface area contributed by atoms with Gasteiger partial charge in [-0.05, 0) is 49.6 Å². The Bertz CT molecular complexity index is 1040. The van der Waals surface area contributed by atoms with Crippen molar-refractivity contribution in [3.63, 3.8) is 0 Å². The van der Waals surface area contributed by atoms with Crippen molar-refractivity contribution in [3.05, 3.63) is 102 Å². The van der Waals surface area contributed by atoms with E-state index in [1.807, 2.05) is 91.9 Å². The van der Waals surface area contributed by atoms with Crippen molar-refractivity contribution in [1.29, 1.82) is 0 Å². The van der Waals surface area contributed by atoms with Crippen LogP contribution in [0.1, 0.15) is 52.1 Å². The van der Waals surface area contributed by atoms with E-state index in [2.05, 4.69) is 15.5 Å². The topological polar surface area (TPSA) is 61.4 Å². The number of nitrogens with zero attached hydrogens (tertiary/aromatic N) is 1. The summed E-state index contributed by atoms with van der Waals surface area (Å²) in [4.78, 5) is 27.8. The third-order valence-corrected chi connectivity index (χ3v) is 6.00. The van der Waals surface area contributed by atoms with Gasteiger partial charge in [-0.15, -0.1) is 0 Å². The van der Waals surface area contributed by atoms with Crippen LogP contribution < -0.4 is 15.5 Å². The number of hydrogen-bond acceptors (Lipinski definition) is 3. The molecule has 0 aromatic heterocycles. The molecule has 1 saturated heterocycles. The molecular formula is C27H29N3O2. The molecule has 0 unspecified atom stereocenters. The minimum absolute atomic E-state index is 0.0290. The largest absolute Gasteiger partial charge is 0.371 e. The van der Waals surface area contributed by atoms with Crippen LogP contribution in [-0.2, 0) is 0 Å². The second-order valence-electron chi connectivity index (χ2n) is 8.22. The molecule has 1 atom stereocenters. The van der Waals surface area contributed by atoms with E-state index in [4.69, 9.17) is 0 Å². The van der Waals surface area contributed by atoms with Crippen LogP contribution >= 0.6 is 0 Å². The number of anilines is 1. The smallest absolute Gasteiger partial charge is 0.253 e. The molecule has 3 aromatic carbocycles. The van der Waals surface area contributed by atoms with E-state index in [1.165, 1.54) is 0 Å². The van der Waals surface area contributed by atoms with Crippen molar-refractivity contribution in [2.75, 3.05) is 18.0 Å². The zero-order valence-corrected chi connectivity index (χ0v) is 18.3. The fourth-order valence-electron chi connectivity index (χ4n) is 4.16. The van der Waals surface area contributed by atoms with Crippen LogP contribution in [0.4, 0.5) is 5.69 Å². The van der Waals surface area contributed by atoms with Crippen molar-refractivity contribution in [2.45, 2.75) is 31.8 Å². The fourth-order valence-corrected chi connectivity index (χ4v) is 4.16. The SMILES string of the molecule is C[C@@H](NC(=O)c1ccccc1N1CCC(NC(=O)c2ccccc2)CC1)c1ccccc1. The summed E-state index contributed by atoms with van der Waals surface area (Å²) >= 11 is 0. The van der Waals surface area contributed by atoms with Crippen molar-refractivity contribution in [2.24, 2.45) is 0 Å². The molecule has 32 heavy (non-hydrogen) atoms. The van der Waals surface area contributed by atoms with Crippen LogP contribution in [0, 0.1) is 0 Å². The summed E-state index contributed by atoms with van der Waals surface area (Å²) in [7, 11) is 0. The second-order valence-corrected chi connectivity index (χ2v) is 8.22. The van der Waals surface area contributed by atoms with Crippen LogP contribution in [-0.4, -0.2) is 30.9 Å². The van der Waals surface area contributed by atoms with Gasteiger partial charge in [0.25, 0.3) is 11.8 Å². The van der Waals surface area contributed by atoms with Crippen LogP contribution in [0.15, 0.2) is 84.9 Å². The quantitative estimate of drug-likeness (QED) is 0.606.